The average molecular weight is 343 g/mol. The quantitative estimate of drug-likeness (QED) is 0.664. The Morgan fingerprint density at radius 1 is 1.28 bits per heavy atom. The van der Waals surface area contributed by atoms with Crippen molar-refractivity contribution in [2.45, 2.75) is 40.3 Å². The van der Waals surface area contributed by atoms with Crippen LogP contribution in [0.2, 0.25) is 0 Å². The third-order valence-electron chi connectivity index (χ3n) is 4.87. The predicted molar refractivity (Wildman–Crippen MR) is 95.3 cm³/mol. The Labute approximate surface area is 143 Å². The molecule has 0 fully saturated rings. The molecule has 3 aromatic rings. The Hall–Kier alpha value is -2.90. The van der Waals surface area contributed by atoms with Gasteiger partial charge in [0.1, 0.15) is 0 Å². The van der Waals surface area contributed by atoms with Crippen LogP contribution in [0.25, 0.3) is 16.9 Å². The minimum atomic E-state index is -0.835. The third-order valence-corrected chi connectivity index (χ3v) is 4.87. The number of imidazole rings is 2. The molecule has 8 heteroatoms. The van der Waals surface area contributed by atoms with Crippen molar-refractivity contribution in [1.29, 1.82) is 0 Å². The van der Waals surface area contributed by atoms with E-state index in [1.807, 2.05) is 18.4 Å². The molecule has 0 radical (unpaired) electrons. The van der Waals surface area contributed by atoms with E-state index in [9.17, 15) is 14.4 Å². The molecular weight excluding hydrogens is 322 g/mol. The monoisotopic (exact) mass is 343 g/mol. The van der Waals surface area contributed by atoms with E-state index >= 15 is 0 Å². The molecule has 0 saturated carbocycles. The van der Waals surface area contributed by atoms with Gasteiger partial charge >= 0.3 is 5.69 Å². The summed E-state index contributed by atoms with van der Waals surface area (Å²) in [6.07, 6.45) is 1.75. The van der Waals surface area contributed by atoms with Crippen LogP contribution in [-0.2, 0) is 18.4 Å². The number of rotatable bonds is 4. The third kappa shape index (κ3) is 2.13. The van der Waals surface area contributed by atoms with Crippen LogP contribution in [-0.4, -0.2) is 28.9 Å². The first-order chi connectivity index (χ1) is 11.7. The smallest absolute Gasteiger partial charge is 0.310 e. The van der Waals surface area contributed by atoms with Gasteiger partial charge in [-0.15, -0.1) is 6.58 Å². The van der Waals surface area contributed by atoms with E-state index in [0.29, 0.717) is 23.5 Å². The lowest BCUT2D eigenvalue weighted by Crippen LogP contribution is -2.42. The Balaban J connectivity index is 2.59. The highest BCUT2D eigenvalue weighted by Gasteiger charge is 2.25. The molecule has 0 spiro atoms. The fourth-order valence-corrected chi connectivity index (χ4v) is 3.15. The zero-order chi connectivity index (χ0) is 18.6. The number of aromatic nitrogens is 5. The summed E-state index contributed by atoms with van der Waals surface area (Å²) in [4.78, 5) is 42.0. The van der Waals surface area contributed by atoms with Crippen LogP contribution in [0.4, 0.5) is 0 Å². The first-order valence-corrected chi connectivity index (χ1v) is 8.03. The highest BCUT2D eigenvalue weighted by Crippen LogP contribution is 2.20. The van der Waals surface area contributed by atoms with E-state index < -0.39 is 17.3 Å². The van der Waals surface area contributed by atoms with E-state index in [2.05, 4.69) is 11.6 Å². The predicted octanol–water partition coefficient (Wildman–Crippen LogP) is 1.10. The summed E-state index contributed by atoms with van der Waals surface area (Å²) < 4.78 is 6.00. The van der Waals surface area contributed by atoms with Crippen molar-refractivity contribution in [2.75, 3.05) is 0 Å². The topological polar surface area (TPSA) is 83.3 Å². The maximum absolute atomic E-state index is 13.1. The van der Waals surface area contributed by atoms with Gasteiger partial charge in [-0.05, 0) is 27.7 Å². The van der Waals surface area contributed by atoms with E-state index in [1.165, 1.54) is 11.5 Å². The van der Waals surface area contributed by atoms with Crippen molar-refractivity contribution < 1.29 is 4.79 Å². The van der Waals surface area contributed by atoms with Gasteiger partial charge in [0.25, 0.3) is 5.56 Å². The van der Waals surface area contributed by atoms with Gasteiger partial charge in [-0.2, -0.15) is 4.98 Å². The van der Waals surface area contributed by atoms with Crippen LogP contribution >= 0.6 is 0 Å². The molecule has 0 aliphatic heterocycles. The van der Waals surface area contributed by atoms with Gasteiger partial charge < -0.3 is 4.57 Å². The van der Waals surface area contributed by atoms with Crippen LogP contribution in [0.5, 0.6) is 0 Å². The molecule has 0 N–H and O–H groups in total. The molecule has 3 aromatic heterocycles. The highest BCUT2D eigenvalue weighted by molar-refractivity contribution is 5.81. The normalized spacial score (nSPS) is 12.8. The number of fused-ring (bicyclic) bond motifs is 3. The Kier molecular flexibility index (Phi) is 3.78. The summed E-state index contributed by atoms with van der Waals surface area (Å²) >= 11 is 0. The molecule has 25 heavy (non-hydrogen) atoms. The van der Waals surface area contributed by atoms with Gasteiger partial charge in [0.05, 0.1) is 6.04 Å². The van der Waals surface area contributed by atoms with Gasteiger partial charge in [0, 0.05) is 25.0 Å². The molecular formula is C17H21N5O3. The second-order valence-corrected chi connectivity index (χ2v) is 6.29. The van der Waals surface area contributed by atoms with Crippen LogP contribution in [0.15, 0.2) is 22.2 Å². The molecule has 0 amide bonds. The summed E-state index contributed by atoms with van der Waals surface area (Å²) in [6, 6.07) is -0.835. The van der Waals surface area contributed by atoms with Crippen molar-refractivity contribution in [3.8, 4) is 0 Å². The van der Waals surface area contributed by atoms with Gasteiger partial charge in [0.2, 0.25) is 5.78 Å². The summed E-state index contributed by atoms with van der Waals surface area (Å²) in [5.41, 5.74) is 1.37. The van der Waals surface area contributed by atoms with E-state index in [1.54, 1.807) is 24.4 Å². The second kappa shape index (κ2) is 5.58. The molecule has 132 valence electrons. The minimum absolute atomic E-state index is 0.253. The van der Waals surface area contributed by atoms with E-state index in [0.717, 1.165) is 16.0 Å². The second-order valence-electron chi connectivity index (χ2n) is 6.29. The standard InChI is InChI=1S/C17H21N5O3/c1-7-8-20-9(2)10(3)21-13-14(18-16(20)21)19(6)17(25)22(15(13)24)11(4)12(5)23/h7,11H,1,8H2,2-6H3/t11-/m1/s1. The molecule has 8 nitrogen and oxygen atoms in total. The lowest BCUT2D eigenvalue weighted by molar-refractivity contribution is -0.119. The average Bonchev–Trinajstić information content (AvgIpc) is 3.05. The number of carbonyl (C=O) groups excluding carboxylic acids is 1. The molecule has 3 rings (SSSR count). The van der Waals surface area contributed by atoms with E-state index in [4.69, 9.17) is 0 Å². The number of aryl methyl sites for hydroxylation is 2. The minimum Gasteiger partial charge on any atom is -0.310 e. The lowest BCUT2D eigenvalue weighted by Gasteiger charge is -2.12. The van der Waals surface area contributed by atoms with Crippen molar-refractivity contribution in [3.63, 3.8) is 0 Å². The van der Waals surface area contributed by atoms with Crippen LogP contribution in [0.1, 0.15) is 31.3 Å². The number of nitrogens with zero attached hydrogens (tertiary/aromatic N) is 5. The highest BCUT2D eigenvalue weighted by atomic mass is 16.2. The van der Waals surface area contributed by atoms with Gasteiger partial charge in [0.15, 0.2) is 16.9 Å². The summed E-state index contributed by atoms with van der Waals surface area (Å²) in [5, 5.41) is 0. The number of hydrogen-bond donors (Lipinski definition) is 0. The first kappa shape index (κ1) is 16.9. The van der Waals surface area contributed by atoms with Gasteiger partial charge in [-0.1, -0.05) is 6.08 Å². The first-order valence-electron chi connectivity index (χ1n) is 8.03. The van der Waals surface area contributed by atoms with Crippen molar-refractivity contribution in [2.24, 2.45) is 7.05 Å². The number of hydrogen-bond acceptors (Lipinski definition) is 4. The molecule has 0 aromatic carbocycles. The number of carbonyl (C=O) groups is 1. The zero-order valence-corrected chi connectivity index (χ0v) is 15.0. The van der Waals surface area contributed by atoms with Crippen LogP contribution in [0.3, 0.4) is 0 Å². The Bertz CT molecular complexity index is 1160. The fraction of sp³-hybridized carbons (Fsp3) is 0.412. The summed E-state index contributed by atoms with van der Waals surface area (Å²) in [6.45, 7) is 11.0. The molecule has 3 heterocycles. The summed E-state index contributed by atoms with van der Waals surface area (Å²) in [7, 11) is 1.56. The van der Waals surface area contributed by atoms with Crippen molar-refractivity contribution in [1.82, 2.24) is 23.1 Å². The van der Waals surface area contributed by atoms with Gasteiger partial charge in [-0.25, -0.2) is 9.36 Å². The fourth-order valence-electron chi connectivity index (χ4n) is 3.15. The van der Waals surface area contributed by atoms with E-state index in [-0.39, 0.29) is 5.78 Å². The largest absolute Gasteiger partial charge is 0.333 e. The molecule has 0 aliphatic carbocycles. The molecule has 0 saturated heterocycles. The van der Waals surface area contributed by atoms with Crippen LogP contribution in [0, 0.1) is 13.8 Å². The number of allylic oxidation sites excluding steroid dienone is 1. The Morgan fingerprint density at radius 2 is 1.92 bits per heavy atom. The lowest BCUT2D eigenvalue weighted by atomic mass is 10.2. The molecule has 0 unspecified atom stereocenters. The molecule has 1 atom stereocenters. The number of ketones is 1. The SMILES string of the molecule is C=CCn1c(C)c(C)n2c3c(=O)n([C@H](C)C(C)=O)c(=O)n(C)c3nc12. The zero-order valence-electron chi connectivity index (χ0n) is 15.0. The van der Waals surface area contributed by atoms with Gasteiger partial charge in [-0.3, -0.25) is 18.6 Å². The van der Waals surface area contributed by atoms with Crippen molar-refractivity contribution >= 4 is 22.7 Å². The maximum Gasteiger partial charge on any atom is 0.333 e. The molecule has 0 aliphatic rings. The maximum atomic E-state index is 13.1. The van der Waals surface area contributed by atoms with Crippen molar-refractivity contribution in [3.05, 3.63) is 44.9 Å². The number of Topliss-reactive ketones (excluding diaryl/α,β-unsaturated/α-hetero) is 1. The Morgan fingerprint density at radius 3 is 2.48 bits per heavy atom. The van der Waals surface area contributed by atoms with Crippen LogP contribution < -0.4 is 11.2 Å². The summed E-state index contributed by atoms with van der Waals surface area (Å²) in [5.74, 6) is 0.321. The molecule has 0 bridgehead atoms.